The predicted octanol–water partition coefficient (Wildman–Crippen LogP) is 5.99. The lowest BCUT2D eigenvalue weighted by atomic mass is 9.75. The molecule has 0 radical (unpaired) electrons. The molecule has 1 saturated carbocycles. The molecule has 5 nitrogen and oxygen atoms in total. The Morgan fingerprint density at radius 3 is 2.37 bits per heavy atom. The average molecular weight is 521 g/mol. The van der Waals surface area contributed by atoms with Crippen LogP contribution in [0.4, 0.5) is 10.1 Å². The zero-order valence-electron chi connectivity index (χ0n) is 22.4. The normalized spacial score (nSPS) is 27.1. The van der Waals surface area contributed by atoms with Crippen molar-refractivity contribution in [2.45, 2.75) is 76.9 Å². The first-order valence-electron chi connectivity index (χ1n) is 14.6. The lowest BCUT2D eigenvalue weighted by Crippen LogP contribution is -2.45. The molecular weight excluding hydrogens is 479 g/mol. The zero-order valence-corrected chi connectivity index (χ0v) is 22.4. The Balaban J connectivity index is 1.16. The van der Waals surface area contributed by atoms with Gasteiger partial charge < -0.3 is 14.9 Å². The van der Waals surface area contributed by atoms with Gasteiger partial charge in [-0.25, -0.2) is 4.39 Å². The van der Waals surface area contributed by atoms with Crippen LogP contribution in [0.2, 0.25) is 0 Å². The van der Waals surface area contributed by atoms with Crippen LogP contribution in [0.15, 0.2) is 48.5 Å². The van der Waals surface area contributed by atoms with E-state index in [2.05, 4.69) is 4.90 Å². The summed E-state index contributed by atoms with van der Waals surface area (Å²) in [5.74, 6) is 0.639. The summed E-state index contributed by atoms with van der Waals surface area (Å²) in [6, 6.07) is 14.5. The summed E-state index contributed by atoms with van der Waals surface area (Å²) in [4.78, 5) is 30.9. The molecular formula is C32H41FN2O3. The Bertz CT molecular complexity index is 1100. The zero-order chi connectivity index (χ0) is 26.5. The van der Waals surface area contributed by atoms with Crippen LogP contribution < -0.4 is 4.90 Å². The van der Waals surface area contributed by atoms with Gasteiger partial charge in [-0.2, -0.15) is 0 Å². The molecule has 0 spiro atoms. The summed E-state index contributed by atoms with van der Waals surface area (Å²) in [6.45, 7) is 2.34. The molecule has 2 fully saturated rings. The van der Waals surface area contributed by atoms with Crippen molar-refractivity contribution >= 4 is 17.4 Å². The molecule has 0 bridgehead atoms. The van der Waals surface area contributed by atoms with E-state index in [-0.39, 0.29) is 23.6 Å². The molecule has 2 heterocycles. The van der Waals surface area contributed by atoms with E-state index >= 15 is 0 Å². The number of amides is 1. The van der Waals surface area contributed by atoms with Gasteiger partial charge in [0.1, 0.15) is 17.8 Å². The van der Waals surface area contributed by atoms with Crippen LogP contribution in [0.1, 0.15) is 80.1 Å². The molecule has 3 aliphatic rings. The summed E-state index contributed by atoms with van der Waals surface area (Å²) in [5, 5.41) is 10.8. The first-order chi connectivity index (χ1) is 18.5. The van der Waals surface area contributed by atoms with Gasteiger partial charge in [0.15, 0.2) is 0 Å². The van der Waals surface area contributed by atoms with Crippen LogP contribution in [0.5, 0.6) is 0 Å². The van der Waals surface area contributed by atoms with Crippen LogP contribution in [-0.2, 0) is 11.2 Å². The fourth-order valence-electron chi connectivity index (χ4n) is 6.77. The number of rotatable bonds is 5. The molecule has 2 aliphatic heterocycles. The highest BCUT2D eigenvalue weighted by Gasteiger charge is 2.34. The molecule has 2 aromatic rings. The molecule has 5 rings (SSSR count). The molecule has 1 aliphatic carbocycles. The second-order valence-electron chi connectivity index (χ2n) is 11.6. The quantitative estimate of drug-likeness (QED) is 0.526. The monoisotopic (exact) mass is 520 g/mol. The van der Waals surface area contributed by atoms with Gasteiger partial charge in [-0.1, -0.05) is 24.6 Å². The van der Waals surface area contributed by atoms with Crippen molar-refractivity contribution in [1.82, 2.24) is 4.90 Å². The van der Waals surface area contributed by atoms with Crippen LogP contribution in [0, 0.1) is 23.6 Å². The maximum Gasteiger partial charge on any atom is 0.256 e. The summed E-state index contributed by atoms with van der Waals surface area (Å²) in [6.07, 6.45) is 9.03. The van der Waals surface area contributed by atoms with Crippen molar-refractivity contribution in [3.05, 3.63) is 65.5 Å². The van der Waals surface area contributed by atoms with Crippen molar-refractivity contribution in [1.29, 1.82) is 0 Å². The van der Waals surface area contributed by atoms with E-state index in [0.29, 0.717) is 30.2 Å². The van der Waals surface area contributed by atoms with E-state index in [4.69, 9.17) is 0 Å². The number of Topliss-reactive ketones (excluding diaryl/α,β-unsaturated/α-hetero) is 1. The van der Waals surface area contributed by atoms with E-state index in [0.717, 1.165) is 88.5 Å². The lowest BCUT2D eigenvalue weighted by Gasteiger charge is -2.37. The van der Waals surface area contributed by atoms with Gasteiger partial charge in [0.2, 0.25) is 0 Å². The minimum Gasteiger partial charge on any atom is -0.374 e. The number of ketones is 1. The highest BCUT2D eigenvalue weighted by molar-refractivity contribution is 5.96. The smallest absolute Gasteiger partial charge is 0.256 e. The van der Waals surface area contributed by atoms with Crippen molar-refractivity contribution in [3.63, 3.8) is 0 Å². The third-order valence-electron chi connectivity index (χ3n) is 9.05. The maximum absolute atomic E-state index is 13.6. The van der Waals surface area contributed by atoms with Crippen LogP contribution in [0.25, 0.3) is 0 Å². The van der Waals surface area contributed by atoms with Gasteiger partial charge in [0, 0.05) is 42.7 Å². The molecule has 1 saturated heterocycles. The van der Waals surface area contributed by atoms with E-state index in [9.17, 15) is 19.1 Å². The van der Waals surface area contributed by atoms with Gasteiger partial charge in [0.25, 0.3) is 5.91 Å². The minimum absolute atomic E-state index is 0.0637. The summed E-state index contributed by atoms with van der Waals surface area (Å²) < 4.78 is 13.4. The number of halogens is 1. The first-order valence-corrected chi connectivity index (χ1v) is 14.6. The number of hydrogen-bond donors (Lipinski definition) is 1. The number of aryl methyl sites for hydroxylation is 1. The molecule has 6 heteroatoms. The Labute approximate surface area is 226 Å². The third-order valence-corrected chi connectivity index (χ3v) is 9.05. The molecule has 1 amide bonds. The lowest BCUT2D eigenvalue weighted by molar-refractivity contribution is -0.128. The number of aliphatic hydroxyl groups is 1. The number of carbonyl (C=O) groups is 2. The molecule has 38 heavy (non-hydrogen) atoms. The van der Waals surface area contributed by atoms with Gasteiger partial charge in [-0.05, 0) is 106 Å². The summed E-state index contributed by atoms with van der Waals surface area (Å²) in [5.41, 5.74) is 2.82. The summed E-state index contributed by atoms with van der Waals surface area (Å²) in [7, 11) is 0. The molecule has 0 aromatic heterocycles. The fraction of sp³-hybridized carbons (Fsp3) is 0.562. The number of aliphatic hydroxyl groups excluding tert-OH is 1. The number of carbonyl (C=O) groups excluding carboxylic acids is 2. The number of hydrogen-bond acceptors (Lipinski definition) is 4. The first kappa shape index (κ1) is 26.9. The number of fused-ring (bicyclic) bond motifs is 1. The van der Waals surface area contributed by atoms with Crippen molar-refractivity contribution in [2.24, 2.45) is 17.8 Å². The standard InChI is InChI=1S/C32H41FN2O3/c33-27-15-17-28(18-16-27)34-20-4-3-7-25(19-21-34)31(37)26-13-11-23(12-14-26)22-35-30(36)10-5-8-24-6-1-2-9-29(24)32(35)38/h1-2,6,9,15-18,23,25-26,30,36H,3-5,7-8,10-14,19-22H2. The van der Waals surface area contributed by atoms with Crippen molar-refractivity contribution in [2.75, 3.05) is 24.5 Å². The van der Waals surface area contributed by atoms with E-state index in [1.165, 1.54) is 12.1 Å². The molecule has 1 N–H and O–H groups in total. The second-order valence-corrected chi connectivity index (χ2v) is 11.6. The number of benzene rings is 2. The Morgan fingerprint density at radius 1 is 0.842 bits per heavy atom. The number of nitrogens with zero attached hydrogens (tertiary/aromatic N) is 2. The minimum atomic E-state index is -0.741. The SMILES string of the molecule is O=C(C1CCC(CN2C(=O)c3ccccc3CCCC2O)CC1)C1CCCCN(c2ccc(F)cc2)CC1. The molecule has 2 unspecified atom stereocenters. The Morgan fingerprint density at radius 2 is 1.58 bits per heavy atom. The third kappa shape index (κ3) is 6.28. The van der Waals surface area contributed by atoms with Crippen molar-refractivity contribution < 1.29 is 19.1 Å². The van der Waals surface area contributed by atoms with Crippen LogP contribution in [0.3, 0.4) is 0 Å². The summed E-state index contributed by atoms with van der Waals surface area (Å²) >= 11 is 0. The highest BCUT2D eigenvalue weighted by Crippen LogP contribution is 2.35. The molecule has 204 valence electrons. The largest absolute Gasteiger partial charge is 0.374 e. The average Bonchev–Trinajstić information content (AvgIpc) is 2.92. The van der Waals surface area contributed by atoms with Gasteiger partial charge in [-0.15, -0.1) is 0 Å². The van der Waals surface area contributed by atoms with Gasteiger partial charge in [-0.3, -0.25) is 9.59 Å². The second kappa shape index (κ2) is 12.4. The van der Waals surface area contributed by atoms with Gasteiger partial charge in [0.05, 0.1) is 0 Å². The molecule has 2 atom stereocenters. The van der Waals surface area contributed by atoms with Gasteiger partial charge >= 0.3 is 0 Å². The molecule has 2 aromatic carbocycles. The number of anilines is 1. The van der Waals surface area contributed by atoms with E-state index in [1.54, 1.807) is 4.90 Å². The topological polar surface area (TPSA) is 60.9 Å². The van der Waals surface area contributed by atoms with Crippen molar-refractivity contribution in [3.8, 4) is 0 Å². The van der Waals surface area contributed by atoms with Crippen LogP contribution >= 0.6 is 0 Å². The van der Waals surface area contributed by atoms with Crippen LogP contribution in [-0.4, -0.2) is 47.6 Å². The Kier molecular flexibility index (Phi) is 8.78. The fourth-order valence-corrected chi connectivity index (χ4v) is 6.77. The van der Waals surface area contributed by atoms with E-state index < -0.39 is 6.23 Å². The maximum atomic E-state index is 13.6. The highest BCUT2D eigenvalue weighted by atomic mass is 19.1. The van der Waals surface area contributed by atoms with E-state index in [1.807, 2.05) is 36.4 Å². The predicted molar refractivity (Wildman–Crippen MR) is 147 cm³/mol. The Hall–Kier alpha value is -2.73.